The fourth-order valence-corrected chi connectivity index (χ4v) is 2.83. The van der Waals surface area contributed by atoms with E-state index >= 15 is 0 Å². The van der Waals surface area contributed by atoms with E-state index in [0.717, 1.165) is 62.2 Å². The van der Waals surface area contributed by atoms with Gasteiger partial charge in [0.05, 0.1) is 13.7 Å². The molecule has 0 fully saturated rings. The summed E-state index contributed by atoms with van der Waals surface area (Å²) in [5, 5.41) is 6.60. The predicted octanol–water partition coefficient (Wildman–Crippen LogP) is 2.50. The molecule has 0 saturated heterocycles. The van der Waals surface area contributed by atoms with Crippen molar-refractivity contribution in [1.82, 2.24) is 10.6 Å². The lowest BCUT2D eigenvalue weighted by atomic mass is 10.1. The van der Waals surface area contributed by atoms with Gasteiger partial charge in [0.25, 0.3) is 0 Å². The number of nitrogens with one attached hydrogen (secondary N) is 2. The van der Waals surface area contributed by atoms with Crippen molar-refractivity contribution >= 4 is 5.96 Å². The molecule has 1 aliphatic heterocycles. The van der Waals surface area contributed by atoms with E-state index in [9.17, 15) is 0 Å². The summed E-state index contributed by atoms with van der Waals surface area (Å²) in [6, 6.07) is 4.13. The van der Waals surface area contributed by atoms with Crippen molar-refractivity contribution in [2.75, 3.05) is 33.4 Å². The van der Waals surface area contributed by atoms with Crippen LogP contribution in [0.5, 0.6) is 11.5 Å². The highest BCUT2D eigenvalue weighted by molar-refractivity contribution is 5.79. The predicted molar refractivity (Wildman–Crippen MR) is 101 cm³/mol. The number of ether oxygens (including phenoxy) is 3. The Morgan fingerprint density at radius 3 is 2.88 bits per heavy atom. The van der Waals surface area contributed by atoms with Crippen LogP contribution in [0, 0.1) is 0 Å². The molecule has 0 saturated carbocycles. The molecule has 2 rings (SSSR count). The van der Waals surface area contributed by atoms with Gasteiger partial charge in [0.1, 0.15) is 17.6 Å². The molecule has 1 aliphatic rings. The van der Waals surface area contributed by atoms with Crippen LogP contribution in [0.25, 0.3) is 0 Å². The van der Waals surface area contributed by atoms with Crippen molar-refractivity contribution in [3.05, 3.63) is 23.3 Å². The first kappa shape index (κ1) is 19.4. The lowest BCUT2D eigenvalue weighted by molar-refractivity contribution is 0.145. The Bertz CT molecular complexity index is 575. The summed E-state index contributed by atoms with van der Waals surface area (Å²) in [4.78, 5) is 4.67. The van der Waals surface area contributed by atoms with Crippen LogP contribution >= 0.6 is 0 Å². The van der Waals surface area contributed by atoms with Crippen LogP contribution < -0.4 is 20.1 Å². The maximum atomic E-state index is 5.85. The largest absolute Gasteiger partial charge is 0.496 e. The molecule has 0 aliphatic carbocycles. The molecular weight excluding hydrogens is 318 g/mol. The van der Waals surface area contributed by atoms with Gasteiger partial charge in [0.2, 0.25) is 0 Å². The van der Waals surface area contributed by atoms with Gasteiger partial charge < -0.3 is 24.8 Å². The van der Waals surface area contributed by atoms with Crippen molar-refractivity contribution in [3.63, 3.8) is 0 Å². The maximum Gasteiger partial charge on any atom is 0.191 e. The van der Waals surface area contributed by atoms with Gasteiger partial charge in [-0.15, -0.1) is 0 Å². The Balaban J connectivity index is 2.00. The molecule has 1 atom stereocenters. The van der Waals surface area contributed by atoms with Gasteiger partial charge >= 0.3 is 0 Å². The zero-order valence-electron chi connectivity index (χ0n) is 15.9. The number of fused-ring (bicyclic) bond motifs is 1. The van der Waals surface area contributed by atoms with Crippen LogP contribution in [0.3, 0.4) is 0 Å². The topological polar surface area (TPSA) is 64.1 Å². The quantitative estimate of drug-likeness (QED) is 0.407. The molecule has 1 heterocycles. The van der Waals surface area contributed by atoms with E-state index in [1.54, 1.807) is 7.11 Å². The molecule has 1 unspecified atom stereocenters. The second-order valence-electron chi connectivity index (χ2n) is 6.08. The van der Waals surface area contributed by atoms with Gasteiger partial charge in [-0.2, -0.15) is 0 Å². The van der Waals surface area contributed by atoms with Crippen molar-refractivity contribution in [2.45, 2.75) is 46.3 Å². The first-order chi connectivity index (χ1) is 12.2. The Labute approximate surface area is 151 Å². The standard InChI is InChI=1S/C19H31N3O3/c1-5-20-19(21-8-7-9-24-6-2)22-13-16-12-18-15(10-14(3)25-18)11-17(16)23-4/h11-12,14H,5-10,13H2,1-4H3,(H2,20,21,22). The average Bonchev–Trinajstić information content (AvgIpc) is 2.97. The van der Waals surface area contributed by atoms with Crippen molar-refractivity contribution < 1.29 is 14.2 Å². The summed E-state index contributed by atoms with van der Waals surface area (Å²) in [7, 11) is 1.70. The van der Waals surface area contributed by atoms with E-state index in [2.05, 4.69) is 41.6 Å². The monoisotopic (exact) mass is 349 g/mol. The van der Waals surface area contributed by atoms with Gasteiger partial charge in [0, 0.05) is 43.9 Å². The van der Waals surface area contributed by atoms with E-state index in [4.69, 9.17) is 14.2 Å². The van der Waals surface area contributed by atoms with Crippen molar-refractivity contribution in [1.29, 1.82) is 0 Å². The minimum absolute atomic E-state index is 0.225. The van der Waals surface area contributed by atoms with E-state index in [-0.39, 0.29) is 6.10 Å². The highest BCUT2D eigenvalue weighted by atomic mass is 16.5. The Morgan fingerprint density at radius 1 is 1.32 bits per heavy atom. The molecule has 6 heteroatoms. The van der Waals surface area contributed by atoms with Gasteiger partial charge in [-0.3, -0.25) is 0 Å². The molecule has 0 spiro atoms. The minimum Gasteiger partial charge on any atom is -0.496 e. The maximum absolute atomic E-state index is 5.85. The minimum atomic E-state index is 0.225. The lowest BCUT2D eigenvalue weighted by Gasteiger charge is -2.13. The third-order valence-corrected chi connectivity index (χ3v) is 4.01. The number of rotatable bonds is 9. The third kappa shape index (κ3) is 5.81. The molecule has 25 heavy (non-hydrogen) atoms. The molecule has 6 nitrogen and oxygen atoms in total. The summed E-state index contributed by atoms with van der Waals surface area (Å²) in [6.45, 7) is 9.85. The number of benzene rings is 1. The number of guanidine groups is 1. The van der Waals surface area contributed by atoms with E-state index in [1.807, 2.05) is 6.92 Å². The van der Waals surface area contributed by atoms with Crippen LogP contribution in [0.1, 0.15) is 38.3 Å². The normalized spacial score (nSPS) is 16.3. The fraction of sp³-hybridized carbons (Fsp3) is 0.632. The summed E-state index contributed by atoms with van der Waals surface area (Å²) in [6.07, 6.45) is 2.11. The van der Waals surface area contributed by atoms with Crippen molar-refractivity contribution in [2.24, 2.45) is 4.99 Å². The molecule has 2 N–H and O–H groups in total. The average molecular weight is 349 g/mol. The first-order valence-electron chi connectivity index (χ1n) is 9.14. The summed E-state index contributed by atoms with van der Waals surface area (Å²) < 4.78 is 16.8. The Morgan fingerprint density at radius 2 is 2.16 bits per heavy atom. The molecule has 0 bridgehead atoms. The van der Waals surface area contributed by atoms with Gasteiger partial charge in [-0.25, -0.2) is 4.99 Å². The SMILES string of the molecule is CCNC(=NCc1cc2c(cc1OC)CC(C)O2)NCCCOCC. The van der Waals surface area contributed by atoms with E-state index < -0.39 is 0 Å². The molecule has 0 amide bonds. The van der Waals surface area contributed by atoms with Crippen molar-refractivity contribution in [3.8, 4) is 11.5 Å². The molecule has 1 aromatic rings. The fourth-order valence-electron chi connectivity index (χ4n) is 2.83. The highest BCUT2D eigenvalue weighted by Crippen LogP contribution is 2.35. The van der Waals surface area contributed by atoms with E-state index in [1.165, 1.54) is 5.56 Å². The number of hydrogen-bond acceptors (Lipinski definition) is 4. The lowest BCUT2D eigenvalue weighted by Crippen LogP contribution is -2.38. The molecule has 0 aromatic heterocycles. The van der Waals surface area contributed by atoms with Gasteiger partial charge in [-0.05, 0) is 39.3 Å². The smallest absolute Gasteiger partial charge is 0.191 e. The van der Waals surface area contributed by atoms with Crippen LogP contribution in [0.2, 0.25) is 0 Å². The number of aliphatic imine (C=N–C) groups is 1. The molecule has 140 valence electrons. The summed E-state index contributed by atoms with van der Waals surface area (Å²) in [5.74, 6) is 2.62. The number of methoxy groups -OCH3 is 1. The Hall–Kier alpha value is -1.95. The zero-order chi connectivity index (χ0) is 18.1. The zero-order valence-corrected chi connectivity index (χ0v) is 15.9. The first-order valence-corrected chi connectivity index (χ1v) is 9.14. The number of hydrogen-bond donors (Lipinski definition) is 2. The van der Waals surface area contributed by atoms with Crippen LogP contribution in [-0.2, 0) is 17.7 Å². The van der Waals surface area contributed by atoms with E-state index in [0.29, 0.717) is 6.54 Å². The Kier molecular flexibility index (Phi) is 7.85. The summed E-state index contributed by atoms with van der Waals surface area (Å²) >= 11 is 0. The molecule has 1 aromatic carbocycles. The van der Waals surface area contributed by atoms with Crippen LogP contribution in [-0.4, -0.2) is 45.5 Å². The van der Waals surface area contributed by atoms with Gasteiger partial charge in [0.15, 0.2) is 5.96 Å². The highest BCUT2D eigenvalue weighted by Gasteiger charge is 2.21. The summed E-state index contributed by atoms with van der Waals surface area (Å²) in [5.41, 5.74) is 2.24. The second kappa shape index (κ2) is 10.1. The molecule has 0 radical (unpaired) electrons. The van der Waals surface area contributed by atoms with Gasteiger partial charge in [-0.1, -0.05) is 0 Å². The number of nitrogens with zero attached hydrogens (tertiary/aromatic N) is 1. The molecular formula is C19H31N3O3. The third-order valence-electron chi connectivity index (χ3n) is 4.01. The van der Waals surface area contributed by atoms with Crippen LogP contribution in [0.15, 0.2) is 17.1 Å². The van der Waals surface area contributed by atoms with Crippen LogP contribution in [0.4, 0.5) is 0 Å². The second-order valence-corrected chi connectivity index (χ2v) is 6.08.